The molecule has 13 heavy (non-hydrogen) atoms. The fraction of sp³-hybridized carbons (Fsp3) is 0.333. The van der Waals surface area contributed by atoms with Gasteiger partial charge >= 0.3 is 6.08 Å². The maximum Gasteiger partial charge on any atom is 0.308 e. The van der Waals surface area contributed by atoms with Gasteiger partial charge in [-0.05, 0) is 7.05 Å². The highest BCUT2D eigenvalue weighted by molar-refractivity contribution is 5.28. The highest BCUT2D eigenvalue weighted by atomic mass is 19.1. The zero-order chi connectivity index (χ0) is 9.52. The molecular formula is C9H10FN3. The molecule has 0 saturated carbocycles. The minimum Gasteiger partial charge on any atom is -0.319 e. The molecule has 0 unspecified atom stereocenters. The first-order valence-electron chi connectivity index (χ1n) is 3.94. The average molecular weight is 179 g/mol. The number of hydrogen-bond donors (Lipinski definition) is 1. The number of halogens is 1. The summed E-state index contributed by atoms with van der Waals surface area (Å²) in [6.45, 7) is 0.842. The molecule has 1 rings (SSSR count). The summed E-state index contributed by atoms with van der Waals surface area (Å²) in [5.41, 5.74) is 0.637. The zero-order valence-corrected chi connectivity index (χ0v) is 7.34. The normalized spacial score (nSPS) is 9.08. The Bertz CT molecular complexity index is 310. The van der Waals surface area contributed by atoms with Crippen LogP contribution < -0.4 is 5.32 Å². The summed E-state index contributed by atoms with van der Waals surface area (Å²) in [7, 11) is 1.86. The third-order valence-corrected chi connectivity index (χ3v) is 1.35. The maximum absolute atomic E-state index is 12.2. The topological polar surface area (TPSA) is 37.8 Å². The zero-order valence-electron chi connectivity index (χ0n) is 7.34. The Hall–Kier alpha value is -1.47. The largest absolute Gasteiger partial charge is 0.319 e. The monoisotopic (exact) mass is 179 g/mol. The summed E-state index contributed by atoms with van der Waals surface area (Å²) < 4.78 is 12.2. The molecule has 0 spiro atoms. The van der Waals surface area contributed by atoms with E-state index in [-0.39, 0.29) is 0 Å². The predicted molar refractivity (Wildman–Crippen MR) is 47.4 cm³/mol. The highest BCUT2D eigenvalue weighted by Gasteiger charge is 1.90. The number of aromatic nitrogens is 2. The van der Waals surface area contributed by atoms with Crippen molar-refractivity contribution < 1.29 is 4.39 Å². The van der Waals surface area contributed by atoms with E-state index >= 15 is 0 Å². The van der Waals surface area contributed by atoms with Crippen LogP contribution in [0.2, 0.25) is 0 Å². The van der Waals surface area contributed by atoms with Gasteiger partial charge in [0, 0.05) is 25.4 Å². The fourth-order valence-corrected chi connectivity index (χ4v) is 0.729. The van der Waals surface area contributed by atoms with Crippen LogP contribution in [0.5, 0.6) is 0 Å². The van der Waals surface area contributed by atoms with E-state index in [1.165, 1.54) is 12.4 Å². The van der Waals surface area contributed by atoms with Crippen LogP contribution in [0.1, 0.15) is 12.0 Å². The van der Waals surface area contributed by atoms with Crippen molar-refractivity contribution in [1.82, 2.24) is 15.3 Å². The number of nitrogens with one attached hydrogen (secondary N) is 1. The van der Waals surface area contributed by atoms with Crippen molar-refractivity contribution >= 4 is 0 Å². The average Bonchev–Trinajstić information content (AvgIpc) is 2.15. The van der Waals surface area contributed by atoms with Gasteiger partial charge in [-0.15, -0.1) is 0 Å². The molecule has 0 amide bonds. The van der Waals surface area contributed by atoms with Crippen molar-refractivity contribution in [2.24, 2.45) is 0 Å². The van der Waals surface area contributed by atoms with Crippen molar-refractivity contribution in [2.45, 2.75) is 6.42 Å². The molecule has 0 radical (unpaired) electrons. The van der Waals surface area contributed by atoms with Gasteiger partial charge in [0.2, 0.25) is 0 Å². The van der Waals surface area contributed by atoms with Crippen LogP contribution >= 0.6 is 0 Å². The Morgan fingerprint density at radius 3 is 2.77 bits per heavy atom. The van der Waals surface area contributed by atoms with Gasteiger partial charge in [0.05, 0.1) is 5.56 Å². The van der Waals surface area contributed by atoms with E-state index < -0.39 is 6.08 Å². The molecule has 4 heteroatoms. The van der Waals surface area contributed by atoms with Crippen molar-refractivity contribution in [2.75, 3.05) is 13.6 Å². The quantitative estimate of drug-likeness (QED) is 0.410. The van der Waals surface area contributed by atoms with Crippen LogP contribution in [-0.4, -0.2) is 23.6 Å². The van der Waals surface area contributed by atoms with Gasteiger partial charge in [-0.2, -0.15) is 4.39 Å². The molecule has 1 aromatic heterocycles. The summed E-state index contributed by atoms with van der Waals surface area (Å²) in [6, 6.07) is 0. The lowest BCUT2D eigenvalue weighted by Crippen LogP contribution is -2.05. The van der Waals surface area contributed by atoms with E-state index in [4.69, 9.17) is 0 Å². The van der Waals surface area contributed by atoms with E-state index in [1.807, 2.05) is 7.05 Å². The molecule has 0 atom stereocenters. The minimum absolute atomic E-state index is 0.637. The van der Waals surface area contributed by atoms with Crippen molar-refractivity contribution in [3.05, 3.63) is 24.0 Å². The Balaban J connectivity index is 2.52. The summed E-state index contributed by atoms with van der Waals surface area (Å²) in [4.78, 5) is 6.76. The molecule has 68 valence electrons. The van der Waals surface area contributed by atoms with Crippen LogP contribution in [0.25, 0.3) is 0 Å². The van der Waals surface area contributed by atoms with Crippen LogP contribution in [0.15, 0.2) is 12.4 Å². The number of nitrogens with zero attached hydrogens (tertiary/aromatic N) is 2. The molecule has 3 nitrogen and oxygen atoms in total. The molecule has 1 heterocycles. The van der Waals surface area contributed by atoms with Crippen molar-refractivity contribution in [3.8, 4) is 11.8 Å². The van der Waals surface area contributed by atoms with Crippen LogP contribution in [-0.2, 0) is 0 Å². The summed E-state index contributed by atoms with van der Waals surface area (Å²) in [6.07, 6.45) is 2.78. The van der Waals surface area contributed by atoms with Crippen LogP contribution in [0.3, 0.4) is 0 Å². The Kier molecular flexibility index (Phi) is 3.86. The predicted octanol–water partition coefficient (Wildman–Crippen LogP) is 0.577. The molecule has 0 aliphatic heterocycles. The Morgan fingerprint density at radius 2 is 2.15 bits per heavy atom. The summed E-state index contributed by atoms with van der Waals surface area (Å²) in [5.74, 6) is 5.73. The molecule has 0 aliphatic rings. The van der Waals surface area contributed by atoms with Gasteiger partial charge in [-0.25, -0.2) is 9.97 Å². The van der Waals surface area contributed by atoms with E-state index in [9.17, 15) is 4.39 Å². The van der Waals surface area contributed by atoms with Gasteiger partial charge in [0.1, 0.15) is 0 Å². The molecule has 0 bridgehead atoms. The number of hydrogen-bond acceptors (Lipinski definition) is 3. The SMILES string of the molecule is CNCCC#Cc1cnc(F)nc1. The molecule has 1 N–H and O–H groups in total. The minimum atomic E-state index is -0.722. The second-order valence-electron chi connectivity index (χ2n) is 2.40. The molecule has 0 saturated heterocycles. The van der Waals surface area contributed by atoms with E-state index in [0.29, 0.717) is 5.56 Å². The Labute approximate surface area is 76.4 Å². The molecular weight excluding hydrogens is 169 g/mol. The standard InChI is InChI=1S/C9H10FN3/c1-11-5-3-2-4-8-6-12-9(10)13-7-8/h6-7,11H,3,5H2,1H3. The third kappa shape index (κ3) is 3.63. The lowest BCUT2D eigenvalue weighted by atomic mass is 10.3. The first-order chi connectivity index (χ1) is 6.33. The second kappa shape index (κ2) is 5.22. The smallest absolute Gasteiger partial charge is 0.308 e. The molecule has 1 aromatic rings. The fourth-order valence-electron chi connectivity index (χ4n) is 0.729. The molecule has 0 fully saturated rings. The van der Waals surface area contributed by atoms with Gasteiger partial charge in [-0.3, -0.25) is 0 Å². The summed E-state index contributed by atoms with van der Waals surface area (Å²) >= 11 is 0. The Morgan fingerprint density at radius 1 is 1.46 bits per heavy atom. The van der Waals surface area contributed by atoms with Gasteiger partial charge in [0.15, 0.2) is 0 Å². The summed E-state index contributed by atoms with van der Waals surface area (Å²) in [5, 5.41) is 2.97. The molecule has 0 aromatic carbocycles. The van der Waals surface area contributed by atoms with Crippen LogP contribution in [0.4, 0.5) is 4.39 Å². The van der Waals surface area contributed by atoms with Crippen LogP contribution in [0, 0.1) is 17.9 Å². The maximum atomic E-state index is 12.2. The van der Waals surface area contributed by atoms with E-state index in [2.05, 4.69) is 27.1 Å². The van der Waals surface area contributed by atoms with Gasteiger partial charge in [-0.1, -0.05) is 11.8 Å². The first kappa shape index (κ1) is 9.62. The van der Waals surface area contributed by atoms with Crippen molar-refractivity contribution in [1.29, 1.82) is 0 Å². The lowest BCUT2D eigenvalue weighted by molar-refractivity contribution is 0.538. The lowest BCUT2D eigenvalue weighted by Gasteiger charge is -1.89. The number of rotatable bonds is 2. The van der Waals surface area contributed by atoms with Gasteiger partial charge < -0.3 is 5.32 Å². The van der Waals surface area contributed by atoms with Gasteiger partial charge in [0.25, 0.3) is 0 Å². The van der Waals surface area contributed by atoms with E-state index in [0.717, 1.165) is 13.0 Å². The second-order valence-corrected chi connectivity index (χ2v) is 2.40. The highest BCUT2D eigenvalue weighted by Crippen LogP contribution is 1.91. The van der Waals surface area contributed by atoms with Crippen molar-refractivity contribution in [3.63, 3.8) is 0 Å². The first-order valence-corrected chi connectivity index (χ1v) is 3.94. The van der Waals surface area contributed by atoms with E-state index in [1.54, 1.807) is 0 Å². The molecule has 0 aliphatic carbocycles. The third-order valence-electron chi connectivity index (χ3n) is 1.35.